The molecule has 3 saturated carbocycles. The molecule has 0 aromatic carbocycles. The molecule has 0 saturated heterocycles. The number of aliphatic hydroxyl groups excluding tert-OH is 1. The van der Waals surface area contributed by atoms with E-state index in [1.54, 1.807) is 0 Å². The molecule has 3 aliphatic carbocycles. The van der Waals surface area contributed by atoms with Crippen LogP contribution in [0.15, 0.2) is 12.7 Å². The second-order valence-electron chi connectivity index (χ2n) is 14.1. The van der Waals surface area contributed by atoms with Crippen LogP contribution in [0.4, 0.5) is 0 Å². The minimum absolute atomic E-state index is 0.0382. The van der Waals surface area contributed by atoms with Gasteiger partial charge in [-0.15, -0.1) is 18.3 Å². The van der Waals surface area contributed by atoms with E-state index >= 15 is 0 Å². The van der Waals surface area contributed by atoms with Gasteiger partial charge in [0, 0.05) is 34.5 Å². The highest BCUT2D eigenvalue weighted by atomic mass is 32.2. The van der Waals surface area contributed by atoms with Crippen LogP contribution >= 0.6 is 11.8 Å². The quantitative estimate of drug-likeness (QED) is 0.279. The highest BCUT2D eigenvalue weighted by Crippen LogP contribution is 2.68. The summed E-state index contributed by atoms with van der Waals surface area (Å²) in [6.07, 6.45) is 4.17. The number of nitrogens with one attached hydrogen (secondary N) is 1. The summed E-state index contributed by atoms with van der Waals surface area (Å²) in [5.74, 6) is -0.243. The Bertz CT molecular complexity index is 969. The minimum Gasteiger partial charge on any atom is -0.461 e. The molecule has 0 aromatic rings. The molecule has 1 amide bonds. The third kappa shape index (κ3) is 5.85. The number of ketones is 1. The number of carbonyl (C=O) groups is 3. The van der Waals surface area contributed by atoms with Gasteiger partial charge in [0.25, 0.3) is 0 Å². The van der Waals surface area contributed by atoms with E-state index in [2.05, 4.69) is 32.7 Å². The van der Waals surface area contributed by atoms with Gasteiger partial charge in [-0.05, 0) is 62.7 Å². The Labute approximate surface area is 239 Å². The molecular weight excluding hydrogens is 512 g/mol. The van der Waals surface area contributed by atoms with Crippen LogP contribution in [0.2, 0.25) is 0 Å². The maximum Gasteiger partial charge on any atom is 0.316 e. The molecule has 0 spiro atoms. The van der Waals surface area contributed by atoms with Gasteiger partial charge in [0.05, 0.1) is 17.9 Å². The zero-order valence-electron chi connectivity index (χ0n) is 25.3. The average molecular weight is 565 g/mol. The summed E-state index contributed by atoms with van der Waals surface area (Å²) in [5, 5.41) is 14.6. The smallest absolute Gasteiger partial charge is 0.316 e. The lowest BCUT2D eigenvalue weighted by Gasteiger charge is -2.61. The molecule has 0 heterocycles. The lowest BCUT2D eigenvalue weighted by Crippen LogP contribution is -2.63. The second kappa shape index (κ2) is 11.5. The van der Waals surface area contributed by atoms with Crippen molar-refractivity contribution in [1.82, 2.24) is 5.32 Å². The van der Waals surface area contributed by atoms with Crippen LogP contribution in [-0.4, -0.2) is 58.1 Å². The number of aliphatic hydroxyl groups is 1. The highest BCUT2D eigenvalue weighted by molar-refractivity contribution is 8.01. The lowest BCUT2D eigenvalue weighted by molar-refractivity contribution is -0.205. The molecule has 9 atom stereocenters. The molecule has 4 N–H and O–H groups in total. The highest BCUT2D eigenvalue weighted by Gasteiger charge is 2.68. The van der Waals surface area contributed by atoms with Crippen molar-refractivity contribution < 1.29 is 24.2 Å². The van der Waals surface area contributed by atoms with Gasteiger partial charge in [0.2, 0.25) is 5.91 Å². The Hall–Kier alpha value is -1.38. The first-order chi connectivity index (χ1) is 17.9. The molecule has 8 heteroatoms. The first-order valence-corrected chi connectivity index (χ1v) is 15.6. The predicted molar refractivity (Wildman–Crippen MR) is 157 cm³/mol. The number of carbonyl (C=O) groups excluding carboxylic acids is 3. The van der Waals surface area contributed by atoms with Crippen LogP contribution in [0.3, 0.4) is 0 Å². The van der Waals surface area contributed by atoms with Crippen molar-refractivity contribution >= 4 is 29.4 Å². The van der Waals surface area contributed by atoms with Crippen molar-refractivity contribution in [3.8, 4) is 0 Å². The molecule has 2 bridgehead atoms. The number of hydrogen-bond donors (Lipinski definition) is 3. The SMILES string of the molecule is C=C[C@]1(C)C[C@@H](OC(=O)CSC(C)(C)CNC(=O)[C@H](N)C(C)C)C2(C)[C@H](C)CCC3(CCC(=O)[C@H]32)[C@@H](C)[C@@H]1O. The zero-order chi connectivity index (χ0) is 29.6. The molecule has 0 radical (unpaired) electrons. The Morgan fingerprint density at radius 3 is 2.51 bits per heavy atom. The molecule has 0 aliphatic heterocycles. The number of ether oxygens (including phenoxy) is 1. The summed E-state index contributed by atoms with van der Waals surface area (Å²) >= 11 is 1.43. The van der Waals surface area contributed by atoms with Gasteiger partial charge >= 0.3 is 5.97 Å². The normalized spacial score (nSPS) is 39.4. The van der Waals surface area contributed by atoms with E-state index in [1.165, 1.54) is 11.8 Å². The molecular formula is C31H52N2O5S. The Morgan fingerprint density at radius 2 is 1.92 bits per heavy atom. The maximum atomic E-state index is 13.5. The summed E-state index contributed by atoms with van der Waals surface area (Å²) in [6.45, 7) is 20.7. The van der Waals surface area contributed by atoms with Crippen LogP contribution in [0, 0.1) is 39.9 Å². The maximum absolute atomic E-state index is 13.5. The summed E-state index contributed by atoms with van der Waals surface area (Å²) in [4.78, 5) is 39.2. The van der Waals surface area contributed by atoms with E-state index in [0.29, 0.717) is 19.4 Å². The molecule has 3 aliphatic rings. The molecule has 222 valence electrons. The van der Waals surface area contributed by atoms with E-state index in [0.717, 1.165) is 19.3 Å². The largest absolute Gasteiger partial charge is 0.461 e. The van der Waals surface area contributed by atoms with Gasteiger partial charge < -0.3 is 20.9 Å². The second-order valence-corrected chi connectivity index (χ2v) is 15.8. The lowest BCUT2D eigenvalue weighted by atomic mass is 9.44. The summed E-state index contributed by atoms with van der Waals surface area (Å²) in [6, 6.07) is -0.573. The van der Waals surface area contributed by atoms with Crippen molar-refractivity contribution in [1.29, 1.82) is 0 Å². The van der Waals surface area contributed by atoms with Gasteiger partial charge in [0.1, 0.15) is 11.9 Å². The molecule has 3 fully saturated rings. The first-order valence-electron chi connectivity index (χ1n) is 14.7. The molecule has 2 unspecified atom stereocenters. The molecule has 39 heavy (non-hydrogen) atoms. The predicted octanol–water partition coefficient (Wildman–Crippen LogP) is 4.50. The molecule has 7 nitrogen and oxygen atoms in total. The van der Waals surface area contributed by atoms with Crippen LogP contribution < -0.4 is 11.1 Å². The zero-order valence-corrected chi connectivity index (χ0v) is 26.2. The summed E-state index contributed by atoms with van der Waals surface area (Å²) in [5.41, 5.74) is 4.49. The number of amides is 1. The first kappa shape index (κ1) is 32.1. The number of Topliss-reactive ketones (excluding diaryl/α,β-unsaturated/α-hetero) is 1. The van der Waals surface area contributed by atoms with Crippen LogP contribution in [0.25, 0.3) is 0 Å². The fraction of sp³-hybridized carbons (Fsp3) is 0.839. The number of hydrogen-bond acceptors (Lipinski definition) is 7. The Morgan fingerprint density at radius 1 is 1.28 bits per heavy atom. The number of nitrogens with two attached hydrogens (primary N) is 1. The fourth-order valence-electron chi connectivity index (χ4n) is 7.72. The molecule has 0 aromatic heterocycles. The fourth-order valence-corrected chi connectivity index (χ4v) is 8.47. The van der Waals surface area contributed by atoms with Crippen molar-refractivity contribution in [2.45, 2.75) is 110 Å². The topological polar surface area (TPSA) is 119 Å². The van der Waals surface area contributed by atoms with Gasteiger partial charge in [-0.1, -0.05) is 47.6 Å². The van der Waals surface area contributed by atoms with Crippen molar-refractivity contribution in [3.63, 3.8) is 0 Å². The van der Waals surface area contributed by atoms with Crippen molar-refractivity contribution in [2.75, 3.05) is 12.3 Å². The van der Waals surface area contributed by atoms with E-state index < -0.39 is 33.8 Å². The Kier molecular flexibility index (Phi) is 9.46. The monoisotopic (exact) mass is 564 g/mol. The summed E-state index contributed by atoms with van der Waals surface area (Å²) in [7, 11) is 0. The van der Waals surface area contributed by atoms with Crippen LogP contribution in [0.1, 0.15) is 87.5 Å². The minimum atomic E-state index is -0.684. The molecule has 3 rings (SSSR count). The average Bonchev–Trinajstić information content (AvgIpc) is 3.24. The number of esters is 1. The van der Waals surface area contributed by atoms with Gasteiger partial charge in [-0.2, -0.15) is 0 Å². The van der Waals surface area contributed by atoms with Gasteiger partial charge in [0.15, 0.2) is 0 Å². The van der Waals surface area contributed by atoms with E-state index in [-0.39, 0.29) is 52.5 Å². The van der Waals surface area contributed by atoms with Crippen LogP contribution in [-0.2, 0) is 19.1 Å². The third-order valence-electron chi connectivity index (χ3n) is 10.9. The number of rotatable bonds is 9. The van der Waals surface area contributed by atoms with E-state index in [1.807, 2.05) is 40.7 Å². The van der Waals surface area contributed by atoms with Gasteiger partial charge in [-0.25, -0.2) is 0 Å². The standard InChI is InChI=1S/C31H52N2O5S/c1-10-29(8)15-22(38-23(35)16-39-28(6,7)17-33-27(37)24(32)18(2)3)30(9)19(4)11-13-31(20(5)26(29)36)14-12-21(34)25(30)31/h10,18-20,22,24-26,36H,1,11-17,32H2,2-9H3,(H,33,37)/t19-,20+,22-,24-,25+,26+,29-,30?,31?/m1/s1. The third-order valence-corrected chi connectivity index (χ3v) is 12.2. The van der Waals surface area contributed by atoms with Crippen LogP contribution in [0.5, 0.6) is 0 Å². The Balaban J connectivity index is 1.82. The summed E-state index contributed by atoms with van der Waals surface area (Å²) < 4.78 is 5.92. The van der Waals surface area contributed by atoms with Gasteiger partial charge in [-0.3, -0.25) is 14.4 Å². The van der Waals surface area contributed by atoms with Crippen molar-refractivity contribution in [3.05, 3.63) is 12.7 Å². The van der Waals surface area contributed by atoms with E-state index in [9.17, 15) is 19.5 Å². The number of thioether (sulfide) groups is 1. The van der Waals surface area contributed by atoms with Crippen molar-refractivity contribution in [2.24, 2.45) is 45.7 Å². The van der Waals surface area contributed by atoms with E-state index in [4.69, 9.17) is 10.5 Å².